The number of ether oxygens (including phenoxy) is 1. The van der Waals surface area contributed by atoms with E-state index in [0.717, 1.165) is 0 Å². The zero-order chi connectivity index (χ0) is 19.9. The molecule has 0 radical (unpaired) electrons. The molecular formula is C20H16FN5O2. The van der Waals surface area contributed by atoms with Crippen LogP contribution in [-0.2, 0) is 0 Å². The third-order valence-electron chi connectivity index (χ3n) is 3.73. The van der Waals surface area contributed by atoms with E-state index in [9.17, 15) is 14.4 Å². The number of hydrogen-bond donors (Lipinski definition) is 2. The number of nitrogens with zero attached hydrogens (tertiary/aromatic N) is 3. The molecule has 0 aliphatic carbocycles. The number of anilines is 1. The van der Waals surface area contributed by atoms with Crippen LogP contribution in [0.2, 0.25) is 0 Å². The molecule has 1 aromatic heterocycles. The van der Waals surface area contributed by atoms with E-state index in [1.54, 1.807) is 31.2 Å². The summed E-state index contributed by atoms with van der Waals surface area (Å²) in [5.74, 6) is -0.00219. The second kappa shape index (κ2) is 8.60. The number of nitriles is 1. The minimum atomic E-state index is -0.578. The maximum Gasteiger partial charge on any atom is 0.270 e. The quantitative estimate of drug-likeness (QED) is 0.507. The molecule has 8 heteroatoms. The van der Waals surface area contributed by atoms with Crippen LogP contribution in [-0.4, -0.2) is 22.8 Å². The number of aromatic amines is 1. The number of aromatic nitrogens is 2. The monoisotopic (exact) mass is 377 g/mol. The molecule has 0 saturated carbocycles. The molecule has 0 saturated heterocycles. The first kappa shape index (κ1) is 18.8. The fraction of sp³-hybridized carbons (Fsp3) is 0.100. The Morgan fingerprint density at radius 3 is 2.82 bits per heavy atom. The van der Waals surface area contributed by atoms with Gasteiger partial charge in [-0.3, -0.25) is 9.78 Å². The largest absolute Gasteiger partial charge is 0.493 e. The maximum atomic E-state index is 13.4. The van der Waals surface area contributed by atoms with Gasteiger partial charge >= 0.3 is 0 Å². The highest BCUT2D eigenvalue weighted by molar-refractivity contribution is 5.84. The van der Waals surface area contributed by atoms with Crippen molar-refractivity contribution in [1.82, 2.24) is 9.97 Å². The van der Waals surface area contributed by atoms with Crippen LogP contribution < -0.4 is 15.7 Å². The van der Waals surface area contributed by atoms with Crippen molar-refractivity contribution < 1.29 is 9.13 Å². The van der Waals surface area contributed by atoms with Gasteiger partial charge in [0.15, 0.2) is 0 Å². The molecule has 7 nitrogen and oxygen atoms in total. The molecule has 28 heavy (non-hydrogen) atoms. The Bertz CT molecular complexity index is 1100. The molecule has 140 valence electrons. The fourth-order valence-electron chi connectivity index (χ4n) is 2.49. The Morgan fingerprint density at radius 2 is 2.11 bits per heavy atom. The minimum absolute atomic E-state index is 0.0687. The van der Waals surface area contributed by atoms with Crippen molar-refractivity contribution in [2.45, 2.75) is 6.92 Å². The van der Waals surface area contributed by atoms with Crippen molar-refractivity contribution in [3.63, 3.8) is 0 Å². The SMILES string of the molecule is CCOc1cc(F)ccc1C=NNc1nc(-c2ccccc2)c(C#N)c(=O)[nH]1. The third-order valence-corrected chi connectivity index (χ3v) is 3.73. The van der Waals surface area contributed by atoms with Crippen molar-refractivity contribution in [3.05, 3.63) is 75.8 Å². The lowest BCUT2D eigenvalue weighted by Crippen LogP contribution is -2.16. The Kier molecular flexibility index (Phi) is 5.77. The van der Waals surface area contributed by atoms with E-state index in [1.807, 2.05) is 12.1 Å². The Hall–Kier alpha value is -3.99. The molecule has 2 aromatic carbocycles. The summed E-state index contributed by atoms with van der Waals surface area (Å²) >= 11 is 0. The van der Waals surface area contributed by atoms with E-state index >= 15 is 0 Å². The summed E-state index contributed by atoms with van der Waals surface area (Å²) in [5.41, 5.74) is 3.40. The van der Waals surface area contributed by atoms with Crippen molar-refractivity contribution in [1.29, 1.82) is 5.26 Å². The number of halogens is 1. The lowest BCUT2D eigenvalue weighted by Gasteiger charge is -2.07. The van der Waals surface area contributed by atoms with Gasteiger partial charge in [0.1, 0.15) is 23.2 Å². The third kappa shape index (κ3) is 4.22. The van der Waals surface area contributed by atoms with E-state index in [4.69, 9.17) is 4.74 Å². The van der Waals surface area contributed by atoms with E-state index in [-0.39, 0.29) is 17.2 Å². The number of H-pyrrole nitrogens is 1. The fourth-order valence-corrected chi connectivity index (χ4v) is 2.49. The predicted octanol–water partition coefficient (Wildman–Crippen LogP) is 3.29. The molecular weight excluding hydrogens is 361 g/mol. The van der Waals surface area contributed by atoms with Crippen LogP contribution in [0.1, 0.15) is 18.1 Å². The summed E-state index contributed by atoms with van der Waals surface area (Å²) in [6.45, 7) is 2.17. The van der Waals surface area contributed by atoms with Gasteiger partial charge in [-0.15, -0.1) is 0 Å². The van der Waals surface area contributed by atoms with Gasteiger partial charge in [-0.05, 0) is 19.1 Å². The second-order valence-corrected chi connectivity index (χ2v) is 5.60. The topological polar surface area (TPSA) is 103 Å². The highest BCUT2D eigenvalue weighted by Gasteiger charge is 2.12. The number of hydrogen-bond acceptors (Lipinski definition) is 6. The highest BCUT2D eigenvalue weighted by atomic mass is 19.1. The first-order valence-corrected chi connectivity index (χ1v) is 8.43. The van der Waals surface area contributed by atoms with Crippen LogP contribution in [0.3, 0.4) is 0 Å². The average Bonchev–Trinajstić information content (AvgIpc) is 2.70. The van der Waals surface area contributed by atoms with Gasteiger partial charge < -0.3 is 4.74 Å². The Morgan fingerprint density at radius 1 is 1.32 bits per heavy atom. The molecule has 0 atom stereocenters. The van der Waals surface area contributed by atoms with Gasteiger partial charge in [0.05, 0.1) is 18.5 Å². The number of hydrazone groups is 1. The van der Waals surface area contributed by atoms with Crippen LogP contribution in [0.4, 0.5) is 10.3 Å². The molecule has 0 aliphatic heterocycles. The summed E-state index contributed by atoms with van der Waals surface area (Å²) in [7, 11) is 0. The molecule has 3 aromatic rings. The van der Waals surface area contributed by atoms with Crippen LogP contribution in [0.5, 0.6) is 5.75 Å². The predicted molar refractivity (Wildman–Crippen MR) is 104 cm³/mol. The summed E-state index contributed by atoms with van der Waals surface area (Å²) in [6.07, 6.45) is 1.42. The van der Waals surface area contributed by atoms with Crippen molar-refractivity contribution in [3.8, 4) is 23.1 Å². The van der Waals surface area contributed by atoms with E-state index in [2.05, 4.69) is 20.5 Å². The van der Waals surface area contributed by atoms with E-state index < -0.39 is 11.4 Å². The summed E-state index contributed by atoms with van der Waals surface area (Å²) in [4.78, 5) is 19.0. The van der Waals surface area contributed by atoms with Crippen LogP contribution >= 0.6 is 0 Å². The molecule has 0 fully saturated rings. The maximum absolute atomic E-state index is 13.4. The number of benzene rings is 2. The standard InChI is InChI=1S/C20H16FN5O2/c1-2-28-17-10-15(21)9-8-14(17)12-23-26-20-24-18(13-6-4-3-5-7-13)16(11-22)19(27)25-20/h3-10,12H,2H2,1H3,(H2,24,25,26,27). The Balaban J connectivity index is 1.90. The lowest BCUT2D eigenvalue weighted by atomic mass is 10.1. The van der Waals surface area contributed by atoms with Gasteiger partial charge in [0, 0.05) is 17.2 Å². The van der Waals surface area contributed by atoms with Crippen molar-refractivity contribution >= 4 is 12.2 Å². The molecule has 2 N–H and O–H groups in total. The summed E-state index contributed by atoms with van der Waals surface area (Å²) in [5, 5.41) is 13.3. The molecule has 0 amide bonds. The molecule has 1 heterocycles. The minimum Gasteiger partial charge on any atom is -0.493 e. The molecule has 0 bridgehead atoms. The Labute approximate surface area is 160 Å². The highest BCUT2D eigenvalue weighted by Crippen LogP contribution is 2.20. The van der Waals surface area contributed by atoms with E-state index in [0.29, 0.717) is 23.5 Å². The van der Waals surface area contributed by atoms with Gasteiger partial charge in [-0.2, -0.15) is 10.4 Å². The molecule has 0 unspecified atom stereocenters. The molecule has 0 aliphatic rings. The van der Waals surface area contributed by atoms with Gasteiger partial charge in [-0.1, -0.05) is 30.3 Å². The zero-order valence-corrected chi connectivity index (χ0v) is 14.9. The number of rotatable bonds is 6. The van der Waals surface area contributed by atoms with Crippen molar-refractivity contribution in [2.75, 3.05) is 12.0 Å². The van der Waals surface area contributed by atoms with Crippen LogP contribution in [0, 0.1) is 17.1 Å². The number of nitrogens with one attached hydrogen (secondary N) is 2. The van der Waals surface area contributed by atoms with Crippen LogP contribution in [0.25, 0.3) is 11.3 Å². The second-order valence-electron chi connectivity index (χ2n) is 5.60. The van der Waals surface area contributed by atoms with Gasteiger partial charge in [0.2, 0.25) is 5.95 Å². The molecule has 0 spiro atoms. The van der Waals surface area contributed by atoms with Gasteiger partial charge in [0.25, 0.3) is 5.56 Å². The van der Waals surface area contributed by atoms with Crippen LogP contribution in [0.15, 0.2) is 58.4 Å². The van der Waals surface area contributed by atoms with Gasteiger partial charge in [-0.25, -0.2) is 14.8 Å². The first-order valence-electron chi connectivity index (χ1n) is 8.43. The summed E-state index contributed by atoms with van der Waals surface area (Å²) < 4.78 is 18.7. The smallest absolute Gasteiger partial charge is 0.270 e. The first-order chi connectivity index (χ1) is 13.6. The summed E-state index contributed by atoms with van der Waals surface area (Å²) in [6, 6.07) is 14.9. The normalized spacial score (nSPS) is 10.6. The average molecular weight is 377 g/mol. The zero-order valence-electron chi connectivity index (χ0n) is 14.9. The van der Waals surface area contributed by atoms with Crippen molar-refractivity contribution in [2.24, 2.45) is 5.10 Å². The molecule has 3 rings (SSSR count). The lowest BCUT2D eigenvalue weighted by molar-refractivity contribution is 0.338. The van der Waals surface area contributed by atoms with E-state index in [1.165, 1.54) is 24.4 Å².